The van der Waals surface area contributed by atoms with Crippen LogP contribution in [0.15, 0.2) is 60.9 Å². The number of amides is 1. The number of hydrogen-bond acceptors (Lipinski definition) is 5. The van der Waals surface area contributed by atoms with Gasteiger partial charge in [0.2, 0.25) is 0 Å². The number of imidazole rings is 1. The second kappa shape index (κ2) is 7.30. The van der Waals surface area contributed by atoms with E-state index in [1.807, 2.05) is 0 Å². The van der Waals surface area contributed by atoms with Gasteiger partial charge in [0.05, 0.1) is 27.9 Å². The molecule has 0 radical (unpaired) electrons. The number of carbonyl (C=O) groups is 2. The van der Waals surface area contributed by atoms with Crippen LogP contribution in [-0.4, -0.2) is 21.3 Å². The lowest BCUT2D eigenvalue weighted by Gasteiger charge is -2.11. The Hall–Kier alpha value is -3.66. The first-order valence-corrected chi connectivity index (χ1v) is 9.32. The SMILES string of the molecule is NC(=O)c1sc(-c2cnc3ccccn23)cc1OC(=O)c1ccccc1C(F)(F)F. The van der Waals surface area contributed by atoms with Gasteiger partial charge >= 0.3 is 12.1 Å². The second-order valence-electron chi connectivity index (χ2n) is 6.17. The number of carbonyl (C=O) groups excluding carboxylic acids is 2. The molecule has 0 aliphatic rings. The van der Waals surface area contributed by atoms with E-state index >= 15 is 0 Å². The minimum absolute atomic E-state index is 0.0891. The number of thiophene rings is 1. The summed E-state index contributed by atoms with van der Waals surface area (Å²) in [5.74, 6) is -2.32. The third-order valence-electron chi connectivity index (χ3n) is 4.25. The van der Waals surface area contributed by atoms with Gasteiger partial charge in [-0.1, -0.05) is 18.2 Å². The van der Waals surface area contributed by atoms with Crippen molar-refractivity contribution in [3.63, 3.8) is 0 Å². The van der Waals surface area contributed by atoms with Crippen molar-refractivity contribution in [1.82, 2.24) is 9.38 Å². The van der Waals surface area contributed by atoms with Crippen LogP contribution in [0.4, 0.5) is 13.2 Å². The normalized spacial score (nSPS) is 11.6. The van der Waals surface area contributed by atoms with Crippen molar-refractivity contribution < 1.29 is 27.5 Å². The molecule has 6 nitrogen and oxygen atoms in total. The van der Waals surface area contributed by atoms with Crippen LogP contribution < -0.4 is 10.5 Å². The number of rotatable bonds is 4. The first kappa shape index (κ1) is 19.6. The zero-order valence-electron chi connectivity index (χ0n) is 15.0. The van der Waals surface area contributed by atoms with Gasteiger partial charge in [-0.15, -0.1) is 11.3 Å². The third kappa shape index (κ3) is 3.52. The number of nitrogens with zero attached hydrogens (tertiary/aromatic N) is 2. The van der Waals surface area contributed by atoms with Crippen LogP contribution in [0.1, 0.15) is 25.6 Å². The van der Waals surface area contributed by atoms with Gasteiger partial charge in [0, 0.05) is 12.3 Å². The third-order valence-corrected chi connectivity index (χ3v) is 5.40. The van der Waals surface area contributed by atoms with E-state index in [1.54, 1.807) is 35.0 Å². The molecule has 3 aromatic heterocycles. The van der Waals surface area contributed by atoms with Crippen LogP contribution in [-0.2, 0) is 6.18 Å². The summed E-state index contributed by atoms with van der Waals surface area (Å²) < 4.78 is 46.5. The first-order valence-electron chi connectivity index (χ1n) is 8.50. The van der Waals surface area contributed by atoms with Crippen molar-refractivity contribution in [3.05, 3.63) is 76.9 Å². The molecule has 0 saturated carbocycles. The summed E-state index contributed by atoms with van der Waals surface area (Å²) in [6.07, 6.45) is -1.42. The number of alkyl halides is 3. The Balaban J connectivity index is 1.74. The first-order chi connectivity index (χ1) is 14.3. The quantitative estimate of drug-likeness (QED) is 0.485. The Bertz CT molecular complexity index is 1280. The van der Waals surface area contributed by atoms with Gasteiger partial charge in [0.25, 0.3) is 5.91 Å². The number of benzene rings is 1. The zero-order valence-corrected chi connectivity index (χ0v) is 15.8. The molecular weight excluding hydrogens is 419 g/mol. The molecule has 1 amide bonds. The second-order valence-corrected chi connectivity index (χ2v) is 7.23. The van der Waals surface area contributed by atoms with Gasteiger partial charge in [-0.25, -0.2) is 9.78 Å². The number of hydrogen-bond donors (Lipinski definition) is 1. The molecule has 4 aromatic rings. The minimum atomic E-state index is -4.74. The van der Waals surface area contributed by atoms with Gasteiger partial charge in [-0.2, -0.15) is 13.2 Å². The number of ether oxygens (including phenoxy) is 1. The van der Waals surface area contributed by atoms with Crippen molar-refractivity contribution in [2.24, 2.45) is 5.73 Å². The molecule has 3 heterocycles. The van der Waals surface area contributed by atoms with Crippen LogP contribution >= 0.6 is 11.3 Å². The van der Waals surface area contributed by atoms with E-state index in [4.69, 9.17) is 10.5 Å². The highest BCUT2D eigenvalue weighted by atomic mass is 32.1. The maximum absolute atomic E-state index is 13.2. The molecule has 0 atom stereocenters. The molecule has 1 aromatic carbocycles. The summed E-state index contributed by atoms with van der Waals surface area (Å²) in [5, 5.41) is 0. The van der Waals surface area contributed by atoms with Crippen molar-refractivity contribution in [3.8, 4) is 16.3 Å². The molecule has 152 valence electrons. The van der Waals surface area contributed by atoms with E-state index in [0.29, 0.717) is 16.2 Å². The summed E-state index contributed by atoms with van der Waals surface area (Å²) in [5.41, 5.74) is 4.85. The number of halogens is 3. The van der Waals surface area contributed by atoms with Gasteiger partial charge in [-0.3, -0.25) is 9.20 Å². The predicted molar refractivity (Wildman–Crippen MR) is 103 cm³/mol. The standard InChI is InChI=1S/C20H12F3N3O3S/c21-20(22,23)12-6-2-1-5-11(12)19(28)29-14-9-15(30-17(14)18(24)27)13-10-25-16-7-3-4-8-26(13)16/h1-10H,(H2,24,27). The maximum Gasteiger partial charge on any atom is 0.417 e. The molecule has 0 unspecified atom stereocenters. The fourth-order valence-corrected chi connectivity index (χ4v) is 3.87. The molecule has 0 aliphatic carbocycles. The molecule has 0 bridgehead atoms. The molecule has 2 N–H and O–H groups in total. The Labute approximate surface area is 171 Å². The monoisotopic (exact) mass is 431 g/mol. The Kier molecular flexibility index (Phi) is 4.78. The molecule has 0 aliphatic heterocycles. The van der Waals surface area contributed by atoms with Gasteiger partial charge in [0.15, 0.2) is 5.75 Å². The summed E-state index contributed by atoms with van der Waals surface area (Å²) in [4.78, 5) is 29.0. The number of aromatic nitrogens is 2. The average Bonchev–Trinajstić information content (AvgIpc) is 3.31. The van der Waals surface area contributed by atoms with Crippen molar-refractivity contribution >= 4 is 28.9 Å². The molecule has 30 heavy (non-hydrogen) atoms. The zero-order chi connectivity index (χ0) is 21.5. The van der Waals surface area contributed by atoms with Crippen LogP contribution in [0.25, 0.3) is 16.2 Å². The van der Waals surface area contributed by atoms with E-state index in [2.05, 4.69) is 4.98 Å². The highest BCUT2D eigenvalue weighted by molar-refractivity contribution is 7.17. The van der Waals surface area contributed by atoms with Gasteiger partial charge < -0.3 is 10.5 Å². The van der Waals surface area contributed by atoms with E-state index in [-0.39, 0.29) is 10.6 Å². The minimum Gasteiger partial charge on any atom is -0.421 e. The number of esters is 1. The number of pyridine rings is 1. The summed E-state index contributed by atoms with van der Waals surface area (Å²) in [7, 11) is 0. The van der Waals surface area contributed by atoms with E-state index < -0.39 is 29.2 Å². The summed E-state index contributed by atoms with van der Waals surface area (Å²) in [6, 6.07) is 11.0. The molecule has 10 heteroatoms. The molecule has 0 fully saturated rings. The lowest BCUT2D eigenvalue weighted by molar-refractivity contribution is -0.138. The van der Waals surface area contributed by atoms with Crippen molar-refractivity contribution in [2.75, 3.05) is 0 Å². The van der Waals surface area contributed by atoms with E-state index in [1.165, 1.54) is 18.2 Å². The molecule has 0 saturated heterocycles. The van der Waals surface area contributed by atoms with Crippen LogP contribution in [0.3, 0.4) is 0 Å². The van der Waals surface area contributed by atoms with Crippen molar-refractivity contribution in [2.45, 2.75) is 6.18 Å². The topological polar surface area (TPSA) is 86.7 Å². The average molecular weight is 431 g/mol. The van der Waals surface area contributed by atoms with Gasteiger partial charge in [-0.05, 0) is 24.3 Å². The highest BCUT2D eigenvalue weighted by Crippen LogP contribution is 2.38. The Morgan fingerprint density at radius 3 is 2.57 bits per heavy atom. The number of fused-ring (bicyclic) bond motifs is 1. The van der Waals surface area contributed by atoms with Crippen molar-refractivity contribution in [1.29, 1.82) is 0 Å². The Morgan fingerprint density at radius 2 is 1.83 bits per heavy atom. The molecular formula is C20H12F3N3O3S. The summed E-state index contributed by atoms with van der Waals surface area (Å²) in [6.45, 7) is 0. The fourth-order valence-electron chi connectivity index (χ4n) is 2.93. The fraction of sp³-hybridized carbons (Fsp3) is 0.0500. The molecule has 4 rings (SSSR count). The van der Waals surface area contributed by atoms with E-state index in [0.717, 1.165) is 23.5 Å². The highest BCUT2D eigenvalue weighted by Gasteiger charge is 2.35. The van der Waals surface area contributed by atoms with E-state index in [9.17, 15) is 22.8 Å². The predicted octanol–water partition coefficient (Wildman–Crippen LogP) is 4.40. The number of primary amides is 1. The largest absolute Gasteiger partial charge is 0.421 e. The lowest BCUT2D eigenvalue weighted by Crippen LogP contribution is -2.18. The van der Waals surface area contributed by atoms with Crippen LogP contribution in [0.2, 0.25) is 0 Å². The lowest BCUT2D eigenvalue weighted by atomic mass is 10.1. The molecule has 0 spiro atoms. The Morgan fingerprint density at radius 1 is 1.10 bits per heavy atom. The smallest absolute Gasteiger partial charge is 0.417 e. The van der Waals surface area contributed by atoms with Crippen LogP contribution in [0.5, 0.6) is 5.75 Å². The van der Waals surface area contributed by atoms with Crippen LogP contribution in [0, 0.1) is 0 Å². The summed E-state index contributed by atoms with van der Waals surface area (Å²) >= 11 is 0.952. The number of nitrogens with two attached hydrogens (primary N) is 1. The maximum atomic E-state index is 13.2. The van der Waals surface area contributed by atoms with Gasteiger partial charge in [0.1, 0.15) is 10.5 Å².